The largest absolute Gasteiger partial charge is 0.377 e. The second-order valence-corrected chi connectivity index (χ2v) is 5.85. The quantitative estimate of drug-likeness (QED) is 0.852. The number of pyridine rings is 1. The molecule has 0 N–H and O–H groups in total. The van der Waals surface area contributed by atoms with Crippen molar-refractivity contribution in [2.75, 3.05) is 30.9 Å². The molecule has 0 saturated heterocycles. The Labute approximate surface area is 133 Å². The maximum absolute atomic E-state index is 9.06. The zero-order valence-electron chi connectivity index (χ0n) is 12.3. The molecule has 2 rings (SSSR count). The maximum Gasteiger partial charge on any atom is 0.157 e. The fourth-order valence-corrected chi connectivity index (χ4v) is 2.45. The Hall–Kier alpha value is -2.06. The Morgan fingerprint density at radius 3 is 2.52 bits per heavy atom. The van der Waals surface area contributed by atoms with Gasteiger partial charge in [-0.15, -0.1) is 0 Å². The molecule has 0 fully saturated rings. The number of hydrogen-bond acceptors (Lipinski definition) is 4. The van der Waals surface area contributed by atoms with E-state index in [0.29, 0.717) is 5.69 Å². The normalized spacial score (nSPS) is 10.0. The van der Waals surface area contributed by atoms with E-state index in [9.17, 15) is 0 Å². The monoisotopic (exact) mass is 344 g/mol. The van der Waals surface area contributed by atoms with Crippen molar-refractivity contribution in [2.24, 2.45) is 0 Å². The number of aromatic nitrogens is 1. The van der Waals surface area contributed by atoms with Crippen LogP contribution in [-0.2, 0) is 6.54 Å². The third-order valence-electron chi connectivity index (χ3n) is 3.21. The summed E-state index contributed by atoms with van der Waals surface area (Å²) in [5, 5.41) is 9.06. The number of nitriles is 1. The highest BCUT2D eigenvalue weighted by Gasteiger charge is 2.10. The topological polar surface area (TPSA) is 43.2 Å². The third kappa shape index (κ3) is 3.53. The summed E-state index contributed by atoms with van der Waals surface area (Å²) in [6.07, 6.45) is 0. The summed E-state index contributed by atoms with van der Waals surface area (Å²) < 4.78 is 0.718. The molecule has 0 amide bonds. The van der Waals surface area contributed by atoms with Crippen molar-refractivity contribution in [1.82, 2.24) is 4.98 Å². The first kappa shape index (κ1) is 15.3. The zero-order valence-corrected chi connectivity index (χ0v) is 13.9. The average Bonchev–Trinajstić information content (AvgIpc) is 2.48. The lowest BCUT2D eigenvalue weighted by molar-refractivity contribution is 0.888. The highest BCUT2D eigenvalue weighted by molar-refractivity contribution is 9.10. The minimum atomic E-state index is 0.403. The van der Waals surface area contributed by atoms with Crippen LogP contribution in [0.1, 0.15) is 11.3 Å². The molecule has 108 valence electrons. The van der Waals surface area contributed by atoms with Gasteiger partial charge in [-0.25, -0.2) is 4.98 Å². The molecule has 1 aromatic carbocycles. The summed E-state index contributed by atoms with van der Waals surface area (Å²) in [7, 11) is 6.04. The lowest BCUT2D eigenvalue weighted by Crippen LogP contribution is -2.20. The number of rotatable bonds is 4. The molecule has 1 heterocycles. The number of nitrogens with zero attached hydrogens (tertiary/aromatic N) is 4. The molecular weight excluding hydrogens is 328 g/mol. The molecule has 0 radical (unpaired) electrons. The number of para-hydroxylation sites is 1. The second kappa shape index (κ2) is 6.59. The minimum Gasteiger partial charge on any atom is -0.377 e. The predicted octanol–water partition coefficient (Wildman–Crippen LogP) is 3.42. The van der Waals surface area contributed by atoms with Crippen LogP contribution >= 0.6 is 15.9 Å². The summed E-state index contributed by atoms with van der Waals surface area (Å²) in [5.41, 5.74) is 2.80. The molecule has 21 heavy (non-hydrogen) atoms. The van der Waals surface area contributed by atoms with Gasteiger partial charge in [0.25, 0.3) is 0 Å². The van der Waals surface area contributed by atoms with Crippen LogP contribution in [0.3, 0.4) is 0 Å². The molecule has 0 atom stereocenters. The molecule has 0 unspecified atom stereocenters. The molecule has 1 aromatic heterocycles. The molecule has 0 aliphatic rings. The van der Waals surface area contributed by atoms with Gasteiger partial charge in [0.2, 0.25) is 0 Å². The molecular formula is C16H17BrN4. The minimum absolute atomic E-state index is 0.403. The van der Waals surface area contributed by atoms with E-state index in [1.54, 1.807) is 0 Å². The molecule has 0 aliphatic heterocycles. The molecule has 4 nitrogen and oxygen atoms in total. The van der Waals surface area contributed by atoms with Crippen molar-refractivity contribution >= 4 is 27.4 Å². The average molecular weight is 345 g/mol. The zero-order chi connectivity index (χ0) is 15.4. The Morgan fingerprint density at radius 2 is 1.86 bits per heavy atom. The van der Waals surface area contributed by atoms with Crippen molar-refractivity contribution < 1.29 is 0 Å². The molecule has 5 heteroatoms. The Bertz CT molecular complexity index is 676. The van der Waals surface area contributed by atoms with Crippen molar-refractivity contribution in [3.8, 4) is 6.07 Å². The first-order valence-electron chi connectivity index (χ1n) is 6.56. The molecule has 0 aliphatic carbocycles. The summed E-state index contributed by atoms with van der Waals surface area (Å²) in [6.45, 7) is 0.730. The van der Waals surface area contributed by atoms with Crippen LogP contribution in [0.25, 0.3) is 0 Å². The summed E-state index contributed by atoms with van der Waals surface area (Å²) in [6, 6.07) is 14.1. The van der Waals surface area contributed by atoms with E-state index >= 15 is 0 Å². The van der Waals surface area contributed by atoms with Crippen LogP contribution in [0, 0.1) is 11.3 Å². The van der Waals surface area contributed by atoms with E-state index < -0.39 is 0 Å². The van der Waals surface area contributed by atoms with Crippen LogP contribution < -0.4 is 9.80 Å². The van der Waals surface area contributed by atoms with Gasteiger partial charge >= 0.3 is 0 Å². The lowest BCUT2D eigenvalue weighted by Gasteiger charge is -2.23. The molecule has 0 spiro atoms. The number of benzene rings is 1. The van der Waals surface area contributed by atoms with Gasteiger partial charge in [0, 0.05) is 33.4 Å². The van der Waals surface area contributed by atoms with Crippen molar-refractivity contribution in [3.63, 3.8) is 0 Å². The van der Waals surface area contributed by atoms with Crippen LogP contribution in [-0.4, -0.2) is 26.1 Å². The van der Waals surface area contributed by atoms with Gasteiger partial charge < -0.3 is 9.80 Å². The lowest BCUT2D eigenvalue weighted by atomic mass is 10.1. The van der Waals surface area contributed by atoms with E-state index in [-0.39, 0.29) is 0 Å². The standard InChI is InChI=1S/C16H17BrN4/c1-20(2)15-7-5-4-6-12(15)11-21(3)16-9-8-13(17)14(10-18)19-16/h4-9H,11H2,1-3H3. The van der Waals surface area contributed by atoms with Gasteiger partial charge in [-0.05, 0) is 39.7 Å². The van der Waals surface area contributed by atoms with E-state index in [4.69, 9.17) is 5.26 Å². The second-order valence-electron chi connectivity index (χ2n) is 4.99. The van der Waals surface area contributed by atoms with Gasteiger partial charge in [-0.1, -0.05) is 18.2 Å². The van der Waals surface area contributed by atoms with E-state index in [2.05, 4.69) is 44.0 Å². The van der Waals surface area contributed by atoms with Gasteiger partial charge in [0.05, 0.1) is 4.47 Å². The van der Waals surface area contributed by atoms with Gasteiger partial charge in [-0.2, -0.15) is 5.26 Å². The number of hydrogen-bond donors (Lipinski definition) is 0. The van der Waals surface area contributed by atoms with Crippen LogP contribution in [0.5, 0.6) is 0 Å². The third-order valence-corrected chi connectivity index (χ3v) is 3.85. The van der Waals surface area contributed by atoms with E-state index in [1.165, 1.54) is 11.3 Å². The summed E-state index contributed by atoms with van der Waals surface area (Å²) in [4.78, 5) is 8.50. The van der Waals surface area contributed by atoms with Gasteiger partial charge in [0.1, 0.15) is 11.9 Å². The van der Waals surface area contributed by atoms with E-state index in [1.807, 2.05) is 50.3 Å². The van der Waals surface area contributed by atoms with Crippen molar-refractivity contribution in [3.05, 3.63) is 52.1 Å². The summed E-state index contributed by atoms with van der Waals surface area (Å²) >= 11 is 3.33. The van der Waals surface area contributed by atoms with Crippen LogP contribution in [0.2, 0.25) is 0 Å². The fourth-order valence-electron chi connectivity index (χ4n) is 2.14. The highest BCUT2D eigenvalue weighted by atomic mass is 79.9. The molecule has 0 saturated carbocycles. The smallest absolute Gasteiger partial charge is 0.157 e. The van der Waals surface area contributed by atoms with E-state index in [0.717, 1.165) is 16.8 Å². The first-order valence-corrected chi connectivity index (χ1v) is 7.35. The van der Waals surface area contributed by atoms with Crippen LogP contribution in [0.15, 0.2) is 40.9 Å². The van der Waals surface area contributed by atoms with Crippen LogP contribution in [0.4, 0.5) is 11.5 Å². The molecule has 2 aromatic rings. The number of halogens is 1. The Morgan fingerprint density at radius 1 is 1.14 bits per heavy atom. The maximum atomic E-state index is 9.06. The van der Waals surface area contributed by atoms with Gasteiger partial charge in [0.15, 0.2) is 5.69 Å². The number of anilines is 2. The Balaban J connectivity index is 2.27. The molecule has 0 bridgehead atoms. The fraction of sp³-hybridized carbons (Fsp3) is 0.250. The van der Waals surface area contributed by atoms with Crippen molar-refractivity contribution in [2.45, 2.75) is 6.54 Å². The van der Waals surface area contributed by atoms with Crippen molar-refractivity contribution in [1.29, 1.82) is 5.26 Å². The highest BCUT2D eigenvalue weighted by Crippen LogP contribution is 2.23. The summed E-state index contributed by atoms with van der Waals surface area (Å²) in [5.74, 6) is 0.781. The predicted molar refractivity (Wildman–Crippen MR) is 89.5 cm³/mol. The Kier molecular flexibility index (Phi) is 4.81. The first-order chi connectivity index (χ1) is 10.0. The van der Waals surface area contributed by atoms with Gasteiger partial charge in [-0.3, -0.25) is 0 Å². The SMILES string of the molecule is CN(C)c1ccccc1CN(C)c1ccc(Br)c(C#N)n1.